The van der Waals surface area contributed by atoms with E-state index < -0.39 is 0 Å². The Balaban J connectivity index is 2.91. The van der Waals surface area contributed by atoms with E-state index in [4.69, 9.17) is 0 Å². The molecule has 1 N–H and O–H groups in total. The lowest BCUT2D eigenvalue weighted by molar-refractivity contribution is 0.550. The monoisotopic (exact) mass is 239 g/mol. The van der Waals surface area contributed by atoms with Crippen molar-refractivity contribution < 1.29 is 0 Å². The second kappa shape index (κ2) is 15.5. The predicted octanol–water partition coefficient (Wildman–Crippen LogP) is 5.42. The van der Waals surface area contributed by atoms with E-state index in [0.29, 0.717) is 0 Å². The molecule has 0 fully saturated rings. The molecule has 0 rings (SSSR count). The van der Waals surface area contributed by atoms with Crippen LogP contribution in [0.25, 0.3) is 0 Å². The highest BCUT2D eigenvalue weighted by molar-refractivity contribution is 4.77. The van der Waals surface area contributed by atoms with Crippen molar-refractivity contribution in [3.8, 4) is 0 Å². The molecule has 0 spiro atoms. The van der Waals surface area contributed by atoms with Crippen molar-refractivity contribution in [3.63, 3.8) is 0 Å². The fraction of sp³-hybridized carbons (Fsp3) is 0.875. The van der Waals surface area contributed by atoms with Gasteiger partial charge in [-0.05, 0) is 19.0 Å². The average molecular weight is 239 g/mol. The molecule has 17 heavy (non-hydrogen) atoms. The third kappa shape index (κ3) is 15.5. The van der Waals surface area contributed by atoms with E-state index in [9.17, 15) is 0 Å². The van der Waals surface area contributed by atoms with Crippen LogP contribution in [0.5, 0.6) is 0 Å². The maximum Gasteiger partial charge on any atom is 0.00276 e. The quantitative estimate of drug-likeness (QED) is 0.423. The van der Waals surface area contributed by atoms with E-state index in [2.05, 4.69) is 18.3 Å². The number of allylic oxidation sites excluding steroid dienone is 1. The maximum absolute atomic E-state index is 3.03. The fourth-order valence-electron chi connectivity index (χ4n) is 2.13. The van der Waals surface area contributed by atoms with Crippen molar-refractivity contribution in [1.82, 2.24) is 5.32 Å². The van der Waals surface area contributed by atoms with E-state index >= 15 is 0 Å². The molecule has 0 aromatic heterocycles. The first-order valence-electron chi connectivity index (χ1n) is 7.74. The van der Waals surface area contributed by atoms with Crippen molar-refractivity contribution in [2.75, 3.05) is 7.05 Å². The van der Waals surface area contributed by atoms with Crippen LogP contribution in [0.1, 0.15) is 84.0 Å². The minimum Gasteiger partial charge on any atom is -0.394 e. The normalized spacial score (nSPS) is 11.2. The molecule has 0 atom stereocenters. The van der Waals surface area contributed by atoms with Crippen molar-refractivity contribution in [2.24, 2.45) is 0 Å². The molecule has 0 unspecified atom stereocenters. The summed E-state index contributed by atoms with van der Waals surface area (Å²) in [6, 6.07) is 0. The topological polar surface area (TPSA) is 12.0 Å². The van der Waals surface area contributed by atoms with E-state index in [1.165, 1.54) is 77.0 Å². The van der Waals surface area contributed by atoms with Crippen LogP contribution in [0.3, 0.4) is 0 Å². The lowest BCUT2D eigenvalue weighted by Gasteiger charge is -2.01. The standard InChI is InChI=1S/C16H33N/c1-3-4-5-6-7-8-9-10-11-12-13-14-15-16-17-2/h15-17H,3-14H2,1-2H3. The van der Waals surface area contributed by atoms with Gasteiger partial charge in [-0.2, -0.15) is 0 Å². The molecule has 0 aromatic rings. The fourth-order valence-corrected chi connectivity index (χ4v) is 2.13. The minimum absolute atomic E-state index is 1.23. The molecule has 102 valence electrons. The molecule has 0 heterocycles. The Bertz CT molecular complexity index is 152. The Morgan fingerprint density at radius 2 is 1.18 bits per heavy atom. The number of rotatable bonds is 13. The van der Waals surface area contributed by atoms with Crippen molar-refractivity contribution in [1.29, 1.82) is 0 Å². The van der Waals surface area contributed by atoms with Gasteiger partial charge in [-0.1, -0.05) is 77.2 Å². The summed E-state index contributed by atoms with van der Waals surface area (Å²) in [7, 11) is 1.96. The van der Waals surface area contributed by atoms with E-state index in [-0.39, 0.29) is 0 Å². The highest BCUT2D eigenvalue weighted by Crippen LogP contribution is 2.11. The first-order valence-corrected chi connectivity index (χ1v) is 7.74. The average Bonchev–Trinajstić information content (AvgIpc) is 2.35. The zero-order chi connectivity index (χ0) is 12.6. The van der Waals surface area contributed by atoms with Crippen LogP contribution in [-0.4, -0.2) is 7.05 Å². The minimum atomic E-state index is 1.23. The van der Waals surface area contributed by atoms with Crippen LogP contribution < -0.4 is 5.32 Å². The number of unbranched alkanes of at least 4 members (excludes halogenated alkanes) is 11. The molecule has 0 radical (unpaired) electrons. The molecule has 0 aliphatic rings. The van der Waals surface area contributed by atoms with Crippen LogP contribution in [0.15, 0.2) is 12.3 Å². The van der Waals surface area contributed by atoms with Crippen LogP contribution >= 0.6 is 0 Å². The van der Waals surface area contributed by atoms with Crippen LogP contribution in [0, 0.1) is 0 Å². The Morgan fingerprint density at radius 3 is 1.65 bits per heavy atom. The third-order valence-corrected chi connectivity index (χ3v) is 3.26. The van der Waals surface area contributed by atoms with Gasteiger partial charge in [-0.15, -0.1) is 0 Å². The highest BCUT2D eigenvalue weighted by Gasteiger charge is 1.92. The molecule has 0 aromatic carbocycles. The van der Waals surface area contributed by atoms with Gasteiger partial charge in [0.25, 0.3) is 0 Å². The van der Waals surface area contributed by atoms with Gasteiger partial charge in [0, 0.05) is 7.05 Å². The molecule has 0 aliphatic carbocycles. The second-order valence-corrected chi connectivity index (χ2v) is 5.02. The molecule has 1 nitrogen and oxygen atoms in total. The molecule has 1 heteroatoms. The molecule has 0 saturated carbocycles. The third-order valence-electron chi connectivity index (χ3n) is 3.26. The van der Waals surface area contributed by atoms with Gasteiger partial charge in [0.05, 0.1) is 0 Å². The summed E-state index contributed by atoms with van der Waals surface area (Å²) in [5.41, 5.74) is 0. The molecule has 0 saturated heterocycles. The summed E-state index contributed by atoms with van der Waals surface area (Å²) < 4.78 is 0. The van der Waals surface area contributed by atoms with E-state index in [1.54, 1.807) is 0 Å². The summed E-state index contributed by atoms with van der Waals surface area (Å²) in [6.07, 6.45) is 21.2. The van der Waals surface area contributed by atoms with Gasteiger partial charge in [-0.25, -0.2) is 0 Å². The van der Waals surface area contributed by atoms with Gasteiger partial charge in [0.15, 0.2) is 0 Å². The van der Waals surface area contributed by atoms with Crippen LogP contribution in [-0.2, 0) is 0 Å². The maximum atomic E-state index is 3.03. The summed E-state index contributed by atoms with van der Waals surface area (Å²) in [4.78, 5) is 0. The lowest BCUT2D eigenvalue weighted by Crippen LogP contribution is -1.90. The van der Waals surface area contributed by atoms with Gasteiger partial charge >= 0.3 is 0 Å². The Hall–Kier alpha value is -0.460. The molecule has 0 amide bonds. The summed E-state index contributed by atoms with van der Waals surface area (Å²) >= 11 is 0. The lowest BCUT2D eigenvalue weighted by atomic mass is 10.1. The van der Waals surface area contributed by atoms with Crippen molar-refractivity contribution in [2.45, 2.75) is 84.0 Å². The molecule has 0 bridgehead atoms. The molecular formula is C16H33N. The summed E-state index contributed by atoms with van der Waals surface area (Å²) in [6.45, 7) is 2.28. The first kappa shape index (κ1) is 16.5. The summed E-state index contributed by atoms with van der Waals surface area (Å²) in [5, 5.41) is 3.03. The van der Waals surface area contributed by atoms with Gasteiger partial charge in [0.1, 0.15) is 0 Å². The van der Waals surface area contributed by atoms with Gasteiger partial charge in [0.2, 0.25) is 0 Å². The van der Waals surface area contributed by atoms with Crippen molar-refractivity contribution in [3.05, 3.63) is 12.3 Å². The largest absolute Gasteiger partial charge is 0.394 e. The second-order valence-electron chi connectivity index (χ2n) is 5.02. The Morgan fingerprint density at radius 1 is 0.706 bits per heavy atom. The molecule has 0 aliphatic heterocycles. The Labute approximate surface area is 109 Å². The number of hydrogen-bond donors (Lipinski definition) is 1. The van der Waals surface area contributed by atoms with Crippen LogP contribution in [0.4, 0.5) is 0 Å². The first-order chi connectivity index (χ1) is 8.41. The highest BCUT2D eigenvalue weighted by atomic mass is 14.8. The Kier molecular flexibility index (Phi) is 15.1. The number of nitrogens with one attached hydrogen (secondary N) is 1. The summed E-state index contributed by atoms with van der Waals surface area (Å²) in [5.74, 6) is 0. The van der Waals surface area contributed by atoms with Gasteiger partial charge < -0.3 is 5.32 Å². The molecular weight excluding hydrogens is 206 g/mol. The number of hydrogen-bond acceptors (Lipinski definition) is 1. The van der Waals surface area contributed by atoms with Gasteiger partial charge in [-0.3, -0.25) is 0 Å². The van der Waals surface area contributed by atoms with E-state index in [0.717, 1.165) is 0 Å². The zero-order valence-corrected chi connectivity index (χ0v) is 12.1. The van der Waals surface area contributed by atoms with Crippen LogP contribution in [0.2, 0.25) is 0 Å². The zero-order valence-electron chi connectivity index (χ0n) is 12.1. The van der Waals surface area contributed by atoms with Crippen molar-refractivity contribution >= 4 is 0 Å². The predicted molar refractivity (Wildman–Crippen MR) is 79.3 cm³/mol. The smallest absolute Gasteiger partial charge is 0.00276 e. The SMILES string of the molecule is CCCCCCCCCCCCCC=CNC. The van der Waals surface area contributed by atoms with E-state index in [1.807, 2.05) is 13.2 Å².